The zero-order chi connectivity index (χ0) is 23.0. The summed E-state index contributed by atoms with van der Waals surface area (Å²) >= 11 is 0. The molecule has 0 saturated carbocycles. The molecule has 1 N–H and O–H groups in total. The molecule has 1 heterocycles. The van der Waals surface area contributed by atoms with Crippen LogP contribution < -0.4 is 0 Å². The maximum absolute atomic E-state index is 9.60. The van der Waals surface area contributed by atoms with Crippen molar-refractivity contribution in [1.82, 2.24) is 9.80 Å². The summed E-state index contributed by atoms with van der Waals surface area (Å²) in [6.07, 6.45) is 1.59. The molecular weight excluding hydrogens is 404 g/mol. The summed E-state index contributed by atoms with van der Waals surface area (Å²) in [7, 11) is 2.20. The van der Waals surface area contributed by atoms with Crippen LogP contribution in [0.4, 0.5) is 0 Å². The second-order valence-corrected chi connectivity index (χ2v) is 9.19. The van der Waals surface area contributed by atoms with E-state index in [1.807, 2.05) is 0 Å². The van der Waals surface area contributed by atoms with Crippen LogP contribution in [0.25, 0.3) is 11.1 Å². The molecule has 0 aliphatic carbocycles. The molecule has 4 rings (SSSR count). The van der Waals surface area contributed by atoms with Gasteiger partial charge in [-0.3, -0.25) is 4.90 Å². The third-order valence-corrected chi connectivity index (χ3v) is 6.59. The molecule has 0 atom stereocenters. The van der Waals surface area contributed by atoms with Gasteiger partial charge in [-0.05, 0) is 60.2 Å². The molecule has 0 unspecified atom stereocenters. The van der Waals surface area contributed by atoms with Crippen LogP contribution >= 0.6 is 0 Å². The number of benzene rings is 3. The first-order valence-electron chi connectivity index (χ1n) is 12.1. The third kappa shape index (κ3) is 6.20. The lowest BCUT2D eigenvalue weighted by atomic mass is 9.87. The maximum atomic E-state index is 9.60. The molecule has 1 saturated heterocycles. The number of rotatable bonds is 8. The highest BCUT2D eigenvalue weighted by molar-refractivity contribution is 5.98. The van der Waals surface area contributed by atoms with Crippen molar-refractivity contribution in [3.63, 3.8) is 0 Å². The van der Waals surface area contributed by atoms with Gasteiger partial charge in [0.1, 0.15) is 0 Å². The van der Waals surface area contributed by atoms with Crippen molar-refractivity contribution in [2.75, 3.05) is 39.8 Å². The van der Waals surface area contributed by atoms with Gasteiger partial charge >= 0.3 is 0 Å². The zero-order valence-electron chi connectivity index (χ0n) is 20.0. The van der Waals surface area contributed by atoms with Crippen LogP contribution in [0.5, 0.6) is 0 Å². The van der Waals surface area contributed by atoms with Crippen LogP contribution in [0.2, 0.25) is 0 Å². The lowest BCUT2D eigenvalue weighted by molar-refractivity contribution is 0.148. The lowest BCUT2D eigenvalue weighted by Gasteiger charge is -2.32. The number of allylic oxidation sites excluding steroid dienone is 1. The number of aliphatic hydroxyl groups excluding tert-OH is 1. The van der Waals surface area contributed by atoms with E-state index in [1.54, 1.807) is 0 Å². The summed E-state index contributed by atoms with van der Waals surface area (Å²) < 4.78 is 0. The van der Waals surface area contributed by atoms with Crippen LogP contribution in [-0.2, 0) is 6.54 Å². The van der Waals surface area contributed by atoms with E-state index in [0.717, 1.165) is 45.6 Å². The Kier molecular flexibility index (Phi) is 8.11. The number of nitrogens with zero attached hydrogens (tertiary/aromatic N) is 2. The highest BCUT2D eigenvalue weighted by Gasteiger charge is 2.16. The number of aryl methyl sites for hydroxylation is 1. The van der Waals surface area contributed by atoms with Gasteiger partial charge in [0.05, 0.1) is 0 Å². The third-order valence-electron chi connectivity index (χ3n) is 6.59. The van der Waals surface area contributed by atoms with Crippen LogP contribution in [0.3, 0.4) is 0 Å². The number of aliphatic hydroxyl groups is 1. The first kappa shape index (κ1) is 23.4. The summed E-state index contributed by atoms with van der Waals surface area (Å²) in [5.74, 6) is 0. The van der Waals surface area contributed by atoms with E-state index in [1.165, 1.54) is 39.0 Å². The Labute approximate surface area is 199 Å². The van der Waals surface area contributed by atoms with E-state index in [9.17, 15) is 5.11 Å². The van der Waals surface area contributed by atoms with Crippen molar-refractivity contribution in [3.05, 3.63) is 107 Å². The Bertz CT molecular complexity index is 1030. The number of hydrogen-bond donors (Lipinski definition) is 1. The van der Waals surface area contributed by atoms with E-state index in [0.29, 0.717) is 0 Å². The summed E-state index contributed by atoms with van der Waals surface area (Å²) in [6.45, 7) is 7.88. The second-order valence-electron chi connectivity index (χ2n) is 9.19. The topological polar surface area (TPSA) is 26.7 Å². The Hall–Kier alpha value is -2.72. The van der Waals surface area contributed by atoms with Gasteiger partial charge in [-0.15, -0.1) is 0 Å². The number of hydrogen-bond acceptors (Lipinski definition) is 3. The molecule has 0 bridgehead atoms. The van der Waals surface area contributed by atoms with Gasteiger partial charge < -0.3 is 10.0 Å². The van der Waals surface area contributed by atoms with Crippen molar-refractivity contribution in [1.29, 1.82) is 0 Å². The minimum absolute atomic E-state index is 0.196. The molecule has 1 fully saturated rings. The van der Waals surface area contributed by atoms with Crippen LogP contribution in [0.15, 0.2) is 78.9 Å². The van der Waals surface area contributed by atoms with E-state index in [2.05, 4.69) is 103 Å². The van der Waals surface area contributed by atoms with Gasteiger partial charge in [-0.2, -0.15) is 0 Å². The van der Waals surface area contributed by atoms with E-state index < -0.39 is 0 Å². The average Bonchev–Trinajstić information content (AvgIpc) is 2.85. The highest BCUT2D eigenvalue weighted by atomic mass is 16.2. The molecule has 172 valence electrons. The van der Waals surface area contributed by atoms with Crippen molar-refractivity contribution < 1.29 is 5.11 Å². The Balaban J connectivity index is 1.71. The minimum Gasteiger partial charge on any atom is -0.396 e. The second kappa shape index (κ2) is 11.4. The van der Waals surface area contributed by atoms with Crippen LogP contribution in [0.1, 0.15) is 40.7 Å². The van der Waals surface area contributed by atoms with Crippen LogP contribution in [-0.4, -0.2) is 54.7 Å². The predicted molar refractivity (Wildman–Crippen MR) is 139 cm³/mol. The van der Waals surface area contributed by atoms with Gasteiger partial charge in [0.15, 0.2) is 0 Å². The van der Waals surface area contributed by atoms with Gasteiger partial charge in [0, 0.05) is 39.3 Å². The fourth-order valence-corrected chi connectivity index (χ4v) is 4.59. The average molecular weight is 441 g/mol. The van der Waals surface area contributed by atoms with E-state index in [-0.39, 0.29) is 6.61 Å². The van der Waals surface area contributed by atoms with E-state index in [4.69, 9.17) is 0 Å². The molecule has 3 nitrogen and oxygen atoms in total. The standard InChI is InChI=1S/C30H36N2O/c1-24-10-14-27(15-11-24)30(29(9-6-22-33)26-7-4-3-5-8-26)28-16-12-25(13-17-28)23-32-20-18-31(2)19-21-32/h3-5,7-8,10-17,33H,6,9,18-23H2,1-2H3/b30-29-. The van der Waals surface area contributed by atoms with Crippen molar-refractivity contribution in [2.45, 2.75) is 26.3 Å². The molecule has 33 heavy (non-hydrogen) atoms. The fourth-order valence-electron chi connectivity index (χ4n) is 4.59. The number of likely N-dealkylation sites (N-methyl/N-ethyl adjacent to an activating group) is 1. The first-order chi connectivity index (χ1) is 16.1. The molecule has 3 heteroatoms. The predicted octanol–water partition coefficient (Wildman–Crippen LogP) is 5.47. The molecule has 0 spiro atoms. The van der Waals surface area contributed by atoms with Crippen molar-refractivity contribution >= 4 is 11.1 Å². The van der Waals surface area contributed by atoms with Gasteiger partial charge in [-0.25, -0.2) is 0 Å². The largest absolute Gasteiger partial charge is 0.396 e. The molecule has 1 aliphatic rings. The minimum atomic E-state index is 0.196. The smallest absolute Gasteiger partial charge is 0.0434 e. The molecule has 1 aliphatic heterocycles. The molecule has 0 aromatic heterocycles. The molecular formula is C30H36N2O. The molecule has 0 radical (unpaired) electrons. The first-order valence-corrected chi connectivity index (χ1v) is 12.1. The quantitative estimate of drug-likeness (QED) is 0.470. The SMILES string of the molecule is Cc1ccc(/C(=C(\CCCO)c2ccccc2)c2ccc(CN3CCN(C)CC3)cc2)cc1. The Morgan fingerprint density at radius 1 is 0.758 bits per heavy atom. The molecule has 3 aromatic carbocycles. The Morgan fingerprint density at radius 3 is 1.97 bits per heavy atom. The molecule has 0 amide bonds. The van der Waals surface area contributed by atoms with Gasteiger partial charge in [0.25, 0.3) is 0 Å². The summed E-state index contributed by atoms with van der Waals surface area (Å²) in [5.41, 5.74) is 8.87. The maximum Gasteiger partial charge on any atom is 0.0434 e. The lowest BCUT2D eigenvalue weighted by Crippen LogP contribution is -2.43. The monoisotopic (exact) mass is 440 g/mol. The van der Waals surface area contributed by atoms with Crippen molar-refractivity contribution in [2.24, 2.45) is 0 Å². The van der Waals surface area contributed by atoms with Crippen molar-refractivity contribution in [3.8, 4) is 0 Å². The summed E-state index contributed by atoms with van der Waals surface area (Å²) in [6, 6.07) is 28.6. The zero-order valence-corrected chi connectivity index (χ0v) is 20.0. The normalized spacial score (nSPS) is 16.0. The fraction of sp³-hybridized carbons (Fsp3) is 0.333. The Morgan fingerprint density at radius 2 is 1.36 bits per heavy atom. The summed E-state index contributed by atoms with van der Waals surface area (Å²) in [5, 5.41) is 9.60. The number of piperazine rings is 1. The van der Waals surface area contributed by atoms with Gasteiger partial charge in [0.2, 0.25) is 0 Å². The highest BCUT2D eigenvalue weighted by Crippen LogP contribution is 2.35. The molecule has 3 aromatic rings. The summed E-state index contributed by atoms with van der Waals surface area (Å²) in [4.78, 5) is 4.94. The van der Waals surface area contributed by atoms with E-state index >= 15 is 0 Å². The van der Waals surface area contributed by atoms with Crippen LogP contribution in [0, 0.1) is 6.92 Å². The van der Waals surface area contributed by atoms with Gasteiger partial charge in [-0.1, -0.05) is 84.4 Å².